The summed E-state index contributed by atoms with van der Waals surface area (Å²) in [5.74, 6) is -6.21. The van der Waals surface area contributed by atoms with Crippen LogP contribution in [0.1, 0.15) is 154 Å². The zero-order chi connectivity index (χ0) is 107. The topological polar surface area (TPSA) is 712 Å². The average molecular weight is 2150 g/mol. The standard InChI is InChI=1S/C96H75N13O25S3.3O3S/c1-108-71-31-29-68(78-80(71)76(64-15-6-8-17-66(64)86(78)114)82(88(108)116)84(112)50-11-4-3-5-12-50)97-57-27-33-73(136(125,126)127)52(36-57)42-75-102-92(105-95(103-75)133-61-39-53(90(118)119)37-59(44-61)131-46-110)98-55-23-19-48(20-24-55)35-49-21-25-56(26-22-49)99-93-104-94(107-96(106-93)134-62-40-54(91(120)121)38-60(45-62)132-47-111)100-58-28-34-74(137(128,129)130)70(43-58)101-69-30-32-72-81-77(65-16-7-9-18-67(65)87(115)79(69)81)83(89(117)109(72)2)85(113)51-13-10-14-63(41-51)135(122,123)124;3*1-4(2)3/h3-18,27-34,36-41,43-49,55-56,97,101H,19-26,35,42H2,1-2H3,(H,118,119)(H,120,121)(H,122,123,124)(H,125,126,127)(H,128,129,130)(H,98,102,103,105)(H2,99,100,104,106,107);;;. The van der Waals surface area contributed by atoms with Crippen LogP contribution in [0.5, 0.6) is 35.0 Å². The van der Waals surface area contributed by atoms with Crippen molar-refractivity contribution < 1.29 is 144 Å². The lowest BCUT2D eigenvalue weighted by Crippen LogP contribution is -2.30. The summed E-state index contributed by atoms with van der Waals surface area (Å²) in [5.41, 5.74) is -1.47. The molecule has 4 aliphatic rings. The SMILES string of the molecule is Cn1c(=O)c(C(=O)c2ccccc2)c2c3c(c(Nc4ccc(S(=O)(=O)O)c(Cc5nc(NC6CCC(CC7CCC(Nc8nc(Nc9ccc(S(=O)(=O)O)c(Nc%10ccc%11c%12c%10C(=O)c%10ccccc%10-c%12c(C(=O)c%10cccc(S(=O)(=O)O)c%10)c(=O)n%11C)c9)nc(Oc9cc(OC=O)cc(C(=O)O)c9)n8)CC7)CC6)nc(Oc6cc(OC=O)cc(C(=O)O)c6)n5)c4)ccc31)C(=O)c1ccccc1-2.O=S(=O)=O.O=S(=O)=O.O=S(=O)=O. The number of rotatable bonds is 31. The molecule has 764 valence electrons. The molecule has 0 bridgehead atoms. The number of nitrogens with one attached hydrogen (secondary N) is 5. The Labute approximate surface area is 844 Å². The van der Waals surface area contributed by atoms with Crippen molar-refractivity contribution in [1.82, 2.24) is 39.0 Å². The number of aromatic nitrogens is 8. The number of carboxylic acid groups (broad SMARTS) is 2. The highest BCUT2D eigenvalue weighted by Crippen LogP contribution is 2.49. The maximum Gasteiger partial charge on any atom is 0.425 e. The van der Waals surface area contributed by atoms with Gasteiger partial charge in [0.1, 0.15) is 33.7 Å². The van der Waals surface area contributed by atoms with Crippen LogP contribution < -0.4 is 56.6 Å². The molecule has 149 heavy (non-hydrogen) atoms. The number of aromatic carboxylic acids is 2. The van der Waals surface area contributed by atoms with Crippen LogP contribution in [0.15, 0.2) is 224 Å². The van der Waals surface area contributed by atoms with Gasteiger partial charge in [0.05, 0.1) is 71.3 Å². The fraction of sp³-hybridized carbons (Fsp3) is 0.167. The minimum atomic E-state index is -5.13. The van der Waals surface area contributed by atoms with Crippen molar-refractivity contribution in [2.75, 3.05) is 26.6 Å². The van der Waals surface area contributed by atoms with Gasteiger partial charge in [-0.05, 0) is 183 Å². The maximum atomic E-state index is 15.0. The smallest absolute Gasteiger partial charge is 0.425 e. The lowest BCUT2D eigenvalue weighted by molar-refractivity contribution is -0.121. The van der Waals surface area contributed by atoms with E-state index in [-0.39, 0.29) is 195 Å². The molecule has 4 aromatic heterocycles. The summed E-state index contributed by atoms with van der Waals surface area (Å²) < 4.78 is 210. The summed E-state index contributed by atoms with van der Waals surface area (Å²) in [5, 5.41) is 36.5. The van der Waals surface area contributed by atoms with Crippen LogP contribution in [0.4, 0.5) is 46.3 Å². The van der Waals surface area contributed by atoms with E-state index in [9.17, 15) is 92.3 Å². The normalized spacial score (nSPS) is 14.7. The molecule has 14 aromatic rings. The van der Waals surface area contributed by atoms with E-state index in [0.29, 0.717) is 42.1 Å². The largest absolute Gasteiger partial charge is 0.478 e. The molecule has 0 atom stereocenters. The van der Waals surface area contributed by atoms with Crippen molar-refractivity contribution in [3.05, 3.63) is 288 Å². The fourth-order valence-corrected chi connectivity index (χ4v) is 20.1. The predicted molar refractivity (Wildman–Crippen MR) is 523 cm³/mol. The van der Waals surface area contributed by atoms with Crippen LogP contribution in [-0.2, 0) is 92.3 Å². The molecule has 0 amide bonds. The van der Waals surface area contributed by atoms with E-state index >= 15 is 4.79 Å². The number of ketones is 4. The van der Waals surface area contributed by atoms with Crippen LogP contribution in [0, 0.1) is 11.8 Å². The van der Waals surface area contributed by atoms with Crippen LogP contribution in [-0.4, -0.2) is 186 Å². The molecule has 0 spiro atoms. The third kappa shape index (κ3) is 24.1. The number of hydrogen-bond acceptors (Lipinski definition) is 40. The lowest BCUT2D eigenvalue weighted by Gasteiger charge is -2.34. The molecule has 47 nitrogen and oxygen atoms in total. The summed E-state index contributed by atoms with van der Waals surface area (Å²) in [6, 6.07) is 44.3. The Morgan fingerprint density at radius 2 is 0.819 bits per heavy atom. The van der Waals surface area contributed by atoms with Gasteiger partial charge in [0.2, 0.25) is 17.8 Å². The number of anilines is 8. The Bertz CT molecular complexity index is 8780. The first-order chi connectivity index (χ1) is 70.8. The molecule has 10 aromatic carbocycles. The van der Waals surface area contributed by atoms with Gasteiger partial charge < -0.3 is 64.9 Å². The summed E-state index contributed by atoms with van der Waals surface area (Å²) in [4.78, 5) is 161. The second-order valence-electron chi connectivity index (χ2n) is 33.6. The van der Waals surface area contributed by atoms with Gasteiger partial charge in [0.15, 0.2) is 23.1 Å². The first kappa shape index (κ1) is 106. The zero-order valence-electron chi connectivity index (χ0n) is 76.7. The van der Waals surface area contributed by atoms with Gasteiger partial charge >= 0.3 is 55.8 Å². The molecule has 0 saturated heterocycles. The second kappa shape index (κ2) is 44.1. The van der Waals surface area contributed by atoms with Gasteiger partial charge in [-0.15, -0.1) is 37.9 Å². The number of fused-ring (bicyclic) bond motifs is 4. The van der Waals surface area contributed by atoms with Gasteiger partial charge in [-0.1, -0.05) is 91.0 Å². The molecular weight excluding hydrogens is 2070 g/mol. The van der Waals surface area contributed by atoms with Gasteiger partial charge in [-0.2, -0.15) is 55.2 Å². The van der Waals surface area contributed by atoms with Crippen molar-refractivity contribution in [2.45, 2.75) is 91.0 Å². The van der Waals surface area contributed by atoms with E-state index in [0.717, 1.165) is 85.2 Å². The van der Waals surface area contributed by atoms with E-state index in [2.05, 4.69) is 51.5 Å². The third-order valence-electron chi connectivity index (χ3n) is 24.4. The first-order valence-corrected chi connectivity index (χ1v) is 51.2. The van der Waals surface area contributed by atoms with E-state index in [1.807, 2.05) is 0 Å². The Morgan fingerprint density at radius 3 is 1.28 bits per heavy atom. The van der Waals surface area contributed by atoms with Gasteiger partial charge in [-0.25, -0.2) is 9.59 Å². The highest BCUT2D eigenvalue weighted by Gasteiger charge is 2.39. The molecule has 0 aliphatic heterocycles. The van der Waals surface area contributed by atoms with Crippen molar-refractivity contribution in [1.29, 1.82) is 0 Å². The number of aryl methyl sites for hydroxylation is 2. The Balaban J connectivity index is 0.00000131. The molecule has 18 rings (SSSR count). The number of carbonyl (C=O) groups excluding carboxylic acids is 6. The van der Waals surface area contributed by atoms with E-state index in [1.165, 1.54) is 91.5 Å². The number of pyridine rings is 2. The minimum absolute atomic E-state index is 0.0123. The number of hydrogen-bond donors (Lipinski definition) is 10. The number of benzene rings is 10. The summed E-state index contributed by atoms with van der Waals surface area (Å²) in [6.07, 6.45) is 5.80. The number of carboxylic acids is 2. The van der Waals surface area contributed by atoms with Gasteiger partial charge in [-0.3, -0.25) is 52.0 Å². The Kier molecular flexibility index (Phi) is 31.3. The molecule has 2 fully saturated rings. The Morgan fingerprint density at radius 1 is 0.403 bits per heavy atom. The maximum absolute atomic E-state index is 15.0. The van der Waals surface area contributed by atoms with E-state index < -0.39 is 147 Å². The second-order valence-corrected chi connectivity index (χ2v) is 39.1. The van der Waals surface area contributed by atoms with E-state index in [1.54, 1.807) is 78.9 Å². The lowest BCUT2D eigenvalue weighted by atomic mass is 9.75. The molecule has 4 heterocycles. The molecular formula is C96H75N13O34S6. The fourth-order valence-electron chi connectivity index (χ4n) is 18.2. The number of carbonyl (C=O) groups is 8. The van der Waals surface area contributed by atoms with Crippen molar-refractivity contribution in [3.8, 4) is 57.3 Å². The summed E-state index contributed by atoms with van der Waals surface area (Å²) in [6.45, 7) is 0.172. The van der Waals surface area contributed by atoms with Crippen molar-refractivity contribution >= 4 is 178 Å². The molecule has 53 heteroatoms. The molecule has 2 saturated carbocycles. The van der Waals surface area contributed by atoms with Crippen LogP contribution in [0.2, 0.25) is 0 Å². The highest BCUT2D eigenvalue weighted by molar-refractivity contribution is 7.86. The van der Waals surface area contributed by atoms with Crippen molar-refractivity contribution in [2.24, 2.45) is 25.9 Å². The molecule has 0 unspecified atom stereocenters. The zero-order valence-corrected chi connectivity index (χ0v) is 81.6. The van der Waals surface area contributed by atoms with Gasteiger partial charge in [0.25, 0.3) is 54.4 Å². The van der Waals surface area contributed by atoms with Crippen LogP contribution in [0.3, 0.4) is 0 Å². The molecule has 0 radical (unpaired) electrons. The van der Waals surface area contributed by atoms with Crippen LogP contribution in [0.25, 0.3) is 44.1 Å². The highest BCUT2D eigenvalue weighted by atomic mass is 32.2. The first-order valence-electron chi connectivity index (χ1n) is 43.9. The number of ether oxygens (including phenoxy) is 4. The van der Waals surface area contributed by atoms with E-state index in [4.69, 9.17) is 61.8 Å². The van der Waals surface area contributed by atoms with Crippen molar-refractivity contribution in [3.63, 3.8) is 0 Å². The third-order valence-corrected chi connectivity index (χ3v) is 27.2. The van der Waals surface area contributed by atoms with Crippen LogP contribution >= 0.6 is 0 Å². The molecule has 10 N–H and O–H groups in total. The van der Waals surface area contributed by atoms with Gasteiger partial charge in [0, 0.05) is 100 Å². The Hall–Kier alpha value is -17.6. The summed E-state index contributed by atoms with van der Waals surface area (Å²) >= 11 is 0. The average Bonchev–Trinajstić information content (AvgIpc) is 0.706. The predicted octanol–water partition coefficient (Wildman–Crippen LogP) is 11.3. The summed E-state index contributed by atoms with van der Waals surface area (Å²) in [7, 11) is -21.5. The minimum Gasteiger partial charge on any atom is -0.478 e. The monoisotopic (exact) mass is 2150 g/mol. The quantitative estimate of drug-likeness (QED) is 0.0110. The number of nitrogens with zero attached hydrogens (tertiary/aromatic N) is 8. The molecule has 4 aliphatic carbocycles.